The van der Waals surface area contributed by atoms with E-state index in [1.807, 2.05) is 32.0 Å². The molecule has 110 valence electrons. The molecule has 0 saturated heterocycles. The largest absolute Gasteiger partial charge is 0.441 e. The molecule has 0 aliphatic heterocycles. The molecule has 20 heavy (non-hydrogen) atoms. The van der Waals surface area contributed by atoms with E-state index in [4.69, 9.17) is 16.3 Å². The smallest absolute Gasteiger partial charge is 0.412 e. The second-order valence-electron chi connectivity index (χ2n) is 3.95. The van der Waals surface area contributed by atoms with Crippen LogP contribution in [0.2, 0.25) is 5.02 Å². The van der Waals surface area contributed by atoms with Crippen molar-refractivity contribution in [3.05, 3.63) is 59.3 Å². The number of alkyl carbamates (subject to hydrolysis) is 1. The minimum Gasteiger partial charge on any atom is -0.441 e. The fraction of sp³-hybridized carbons (Fsp3) is 0.312. The van der Waals surface area contributed by atoms with Crippen molar-refractivity contribution in [1.29, 1.82) is 0 Å². The normalized spacial score (nSPS) is 10.7. The highest BCUT2D eigenvalue weighted by Gasteiger charge is 2.14. The van der Waals surface area contributed by atoms with Crippen LogP contribution in [0.25, 0.3) is 0 Å². The highest BCUT2D eigenvalue weighted by atomic mass is 35.5. The topological polar surface area (TPSA) is 38.3 Å². The zero-order chi connectivity index (χ0) is 15.7. The lowest BCUT2D eigenvalue weighted by molar-refractivity contribution is 0.110. The number of ether oxygens (including phenoxy) is 1. The summed E-state index contributed by atoms with van der Waals surface area (Å²) >= 11 is 6.02. The van der Waals surface area contributed by atoms with Crippen molar-refractivity contribution in [2.75, 3.05) is 0 Å². The summed E-state index contributed by atoms with van der Waals surface area (Å²) in [6.45, 7) is 14.8. The molecule has 0 saturated carbocycles. The summed E-state index contributed by atoms with van der Waals surface area (Å²) in [5.74, 6) is 0. The van der Waals surface area contributed by atoms with Crippen LogP contribution in [0, 0.1) is 0 Å². The molecule has 3 nitrogen and oxygen atoms in total. The van der Waals surface area contributed by atoms with Crippen LogP contribution in [0.4, 0.5) is 4.79 Å². The molecule has 4 heteroatoms. The third-order valence-corrected chi connectivity index (χ3v) is 2.74. The Morgan fingerprint density at radius 2 is 1.85 bits per heavy atom. The van der Waals surface area contributed by atoms with Crippen molar-refractivity contribution < 1.29 is 9.53 Å². The first-order chi connectivity index (χ1) is 9.41. The van der Waals surface area contributed by atoms with Crippen molar-refractivity contribution in [1.82, 2.24) is 5.32 Å². The maximum absolute atomic E-state index is 11.6. The van der Waals surface area contributed by atoms with Gasteiger partial charge in [-0.2, -0.15) is 0 Å². The molecule has 0 unspecified atom stereocenters. The maximum atomic E-state index is 11.6. The van der Waals surface area contributed by atoms with Gasteiger partial charge in [0.25, 0.3) is 0 Å². The van der Waals surface area contributed by atoms with E-state index in [0.717, 1.165) is 5.56 Å². The summed E-state index contributed by atoms with van der Waals surface area (Å²) in [6.07, 6.45) is -1.01. The molecule has 0 aromatic heterocycles. The molecule has 1 rings (SSSR count). The predicted octanol–water partition coefficient (Wildman–Crippen LogP) is 5.24. The first-order valence-electron chi connectivity index (χ1n) is 6.48. The Hall–Kier alpha value is -1.74. The minimum absolute atomic E-state index is 0.434. The molecule has 1 amide bonds. The SMILES string of the molecule is C=C(C)C(=C)NC(=O)O[C@H](C)c1ccccc1Cl.CC. The van der Waals surface area contributed by atoms with E-state index in [1.165, 1.54) is 0 Å². The van der Waals surface area contributed by atoms with Gasteiger partial charge in [0.15, 0.2) is 0 Å². The summed E-state index contributed by atoms with van der Waals surface area (Å²) in [7, 11) is 0. The van der Waals surface area contributed by atoms with E-state index in [9.17, 15) is 4.79 Å². The monoisotopic (exact) mass is 295 g/mol. The minimum atomic E-state index is -0.574. The Bertz CT molecular complexity index is 483. The lowest BCUT2D eigenvalue weighted by atomic mass is 10.1. The average Bonchev–Trinajstić information content (AvgIpc) is 2.41. The fourth-order valence-corrected chi connectivity index (χ4v) is 1.58. The quantitative estimate of drug-likeness (QED) is 0.771. The van der Waals surface area contributed by atoms with Crippen molar-refractivity contribution in [2.45, 2.75) is 33.8 Å². The first kappa shape index (κ1) is 18.3. The Morgan fingerprint density at radius 3 is 2.35 bits per heavy atom. The van der Waals surface area contributed by atoms with Gasteiger partial charge in [-0.25, -0.2) is 4.79 Å². The van der Waals surface area contributed by atoms with Crippen LogP contribution in [0.1, 0.15) is 39.4 Å². The van der Waals surface area contributed by atoms with Gasteiger partial charge in [0.2, 0.25) is 0 Å². The average molecular weight is 296 g/mol. The highest BCUT2D eigenvalue weighted by molar-refractivity contribution is 6.31. The summed E-state index contributed by atoms with van der Waals surface area (Å²) in [5, 5.41) is 3.07. The Labute approximate surface area is 126 Å². The second kappa shape index (κ2) is 9.21. The van der Waals surface area contributed by atoms with E-state index < -0.39 is 12.2 Å². The molecule has 0 aliphatic carbocycles. The maximum Gasteiger partial charge on any atom is 0.412 e. The zero-order valence-corrected chi connectivity index (χ0v) is 13.3. The molecule has 1 N–H and O–H groups in total. The van der Waals surface area contributed by atoms with Gasteiger partial charge in [-0.1, -0.05) is 56.8 Å². The Kier molecular flexibility index (Phi) is 8.41. The molecule has 1 aromatic rings. The number of nitrogens with one attached hydrogen (secondary N) is 1. The molecule has 0 aliphatic rings. The molecular weight excluding hydrogens is 274 g/mol. The van der Waals surface area contributed by atoms with E-state index in [2.05, 4.69) is 18.5 Å². The summed E-state index contributed by atoms with van der Waals surface area (Å²) in [4.78, 5) is 11.6. The molecule has 1 aromatic carbocycles. The molecule has 0 bridgehead atoms. The lowest BCUT2D eigenvalue weighted by Gasteiger charge is -2.16. The van der Waals surface area contributed by atoms with Crippen LogP contribution >= 0.6 is 11.6 Å². The van der Waals surface area contributed by atoms with E-state index in [1.54, 1.807) is 19.9 Å². The standard InChI is InChI=1S/C14H16ClNO2.C2H6/c1-9(2)10(3)16-14(17)18-11(4)12-7-5-6-8-13(12)15;1-2/h5-8,11H,1,3H2,2,4H3,(H,16,17);1-2H3/t11-;/m1./s1. The van der Waals surface area contributed by atoms with Crippen LogP contribution in [-0.2, 0) is 4.74 Å². The number of hydrogen-bond donors (Lipinski definition) is 1. The Morgan fingerprint density at radius 1 is 1.30 bits per heavy atom. The summed E-state index contributed by atoms with van der Waals surface area (Å²) in [5.41, 5.74) is 1.87. The van der Waals surface area contributed by atoms with Gasteiger partial charge in [0.1, 0.15) is 6.10 Å². The van der Waals surface area contributed by atoms with Crippen LogP contribution in [0.15, 0.2) is 48.7 Å². The zero-order valence-electron chi connectivity index (χ0n) is 12.5. The number of carbonyl (C=O) groups is 1. The summed E-state index contributed by atoms with van der Waals surface area (Å²) < 4.78 is 5.20. The molecule has 0 spiro atoms. The molecule has 0 radical (unpaired) electrons. The lowest BCUT2D eigenvalue weighted by Crippen LogP contribution is -2.24. The van der Waals surface area contributed by atoms with Gasteiger partial charge < -0.3 is 4.74 Å². The van der Waals surface area contributed by atoms with Crippen molar-refractivity contribution >= 4 is 17.7 Å². The summed E-state index contributed by atoms with van der Waals surface area (Å²) in [6, 6.07) is 7.22. The van der Waals surface area contributed by atoms with Crippen LogP contribution in [0.3, 0.4) is 0 Å². The van der Waals surface area contributed by atoms with Gasteiger partial charge in [0.05, 0.1) is 0 Å². The van der Waals surface area contributed by atoms with Crippen LogP contribution in [-0.4, -0.2) is 6.09 Å². The van der Waals surface area contributed by atoms with Crippen molar-refractivity contribution in [3.63, 3.8) is 0 Å². The number of halogens is 1. The fourth-order valence-electron chi connectivity index (χ4n) is 1.29. The third-order valence-electron chi connectivity index (χ3n) is 2.40. The number of allylic oxidation sites excluding steroid dienone is 1. The van der Waals surface area contributed by atoms with Crippen LogP contribution < -0.4 is 5.32 Å². The number of carbonyl (C=O) groups excluding carboxylic acids is 1. The second-order valence-corrected chi connectivity index (χ2v) is 4.36. The number of hydrogen-bond acceptors (Lipinski definition) is 2. The van der Waals surface area contributed by atoms with E-state index >= 15 is 0 Å². The first-order valence-corrected chi connectivity index (χ1v) is 6.86. The Balaban J connectivity index is 0.00000172. The van der Waals surface area contributed by atoms with Crippen molar-refractivity contribution in [3.8, 4) is 0 Å². The van der Waals surface area contributed by atoms with Crippen LogP contribution in [0.5, 0.6) is 0 Å². The van der Waals surface area contributed by atoms with Gasteiger partial charge in [-0.3, -0.25) is 5.32 Å². The molecule has 0 heterocycles. The predicted molar refractivity (Wildman–Crippen MR) is 84.8 cm³/mol. The number of benzene rings is 1. The molecule has 1 atom stereocenters. The third kappa shape index (κ3) is 5.93. The molecule has 0 fully saturated rings. The number of rotatable bonds is 4. The number of amides is 1. The van der Waals surface area contributed by atoms with Gasteiger partial charge in [0, 0.05) is 16.3 Å². The molecular formula is C16H22ClNO2. The van der Waals surface area contributed by atoms with Gasteiger partial charge >= 0.3 is 6.09 Å². The van der Waals surface area contributed by atoms with E-state index in [-0.39, 0.29) is 0 Å². The van der Waals surface area contributed by atoms with Gasteiger partial charge in [-0.15, -0.1) is 0 Å². The van der Waals surface area contributed by atoms with Crippen molar-refractivity contribution in [2.24, 2.45) is 0 Å². The highest BCUT2D eigenvalue weighted by Crippen LogP contribution is 2.24. The van der Waals surface area contributed by atoms with E-state index in [0.29, 0.717) is 16.3 Å². The van der Waals surface area contributed by atoms with Gasteiger partial charge in [-0.05, 0) is 25.5 Å².